The summed E-state index contributed by atoms with van der Waals surface area (Å²) in [6, 6.07) is 8.72. The molecule has 1 aromatic carbocycles. The van der Waals surface area contributed by atoms with Gasteiger partial charge in [0.2, 0.25) is 0 Å². The minimum absolute atomic E-state index is 0.259. The lowest BCUT2D eigenvalue weighted by Gasteiger charge is -2.34. The smallest absolute Gasteiger partial charge is 0.326 e. The largest absolute Gasteiger partial charge is 0.480 e. The highest BCUT2D eigenvalue weighted by atomic mass is 16.4. The summed E-state index contributed by atoms with van der Waals surface area (Å²) in [5.41, 5.74) is 2.94. The molecule has 2 aromatic rings. The summed E-state index contributed by atoms with van der Waals surface area (Å²) in [5.74, 6) is -1.36. The van der Waals surface area contributed by atoms with Crippen molar-refractivity contribution in [3.8, 4) is 6.07 Å². The first-order valence-electron chi connectivity index (χ1n) is 8.03. The number of carboxylic acids is 1. The van der Waals surface area contributed by atoms with Crippen LogP contribution in [-0.4, -0.2) is 37.7 Å². The minimum Gasteiger partial charge on any atom is -0.480 e. The first-order chi connectivity index (χ1) is 12.0. The Morgan fingerprint density at radius 3 is 2.76 bits per heavy atom. The van der Waals surface area contributed by atoms with Crippen LogP contribution in [0, 0.1) is 18.3 Å². The number of benzene rings is 1. The van der Waals surface area contributed by atoms with Crippen LogP contribution in [0.4, 0.5) is 0 Å². The van der Waals surface area contributed by atoms with Crippen LogP contribution in [0.1, 0.15) is 33.6 Å². The van der Waals surface area contributed by atoms with Crippen LogP contribution in [-0.2, 0) is 24.3 Å². The van der Waals surface area contributed by atoms with Crippen molar-refractivity contribution in [1.29, 1.82) is 5.26 Å². The van der Waals surface area contributed by atoms with Crippen LogP contribution < -0.4 is 0 Å². The van der Waals surface area contributed by atoms with Crippen molar-refractivity contribution in [2.45, 2.75) is 38.9 Å². The van der Waals surface area contributed by atoms with Gasteiger partial charge in [-0.15, -0.1) is 0 Å². The second-order valence-electron chi connectivity index (χ2n) is 6.03. The monoisotopic (exact) mass is 338 g/mol. The van der Waals surface area contributed by atoms with Crippen LogP contribution in [0.3, 0.4) is 0 Å². The number of aromatic nitrogens is 2. The second-order valence-corrected chi connectivity index (χ2v) is 6.03. The van der Waals surface area contributed by atoms with Gasteiger partial charge in [0, 0.05) is 18.7 Å². The van der Waals surface area contributed by atoms with Crippen molar-refractivity contribution < 1.29 is 14.7 Å². The van der Waals surface area contributed by atoms with Crippen LogP contribution >= 0.6 is 0 Å². The van der Waals surface area contributed by atoms with Gasteiger partial charge in [-0.2, -0.15) is 10.4 Å². The third-order valence-corrected chi connectivity index (χ3v) is 4.56. The molecule has 0 aliphatic carbocycles. The van der Waals surface area contributed by atoms with Crippen LogP contribution in [0.2, 0.25) is 0 Å². The molecule has 128 valence electrons. The number of aryl methyl sites for hydroxylation is 1. The van der Waals surface area contributed by atoms with Crippen molar-refractivity contribution in [1.82, 2.24) is 14.7 Å². The number of carbonyl (C=O) groups excluding carboxylic acids is 1. The number of hydrogen-bond acceptors (Lipinski definition) is 4. The van der Waals surface area contributed by atoms with E-state index >= 15 is 0 Å². The molecule has 0 fully saturated rings. The summed E-state index contributed by atoms with van der Waals surface area (Å²) >= 11 is 0. The van der Waals surface area contributed by atoms with Gasteiger partial charge in [0.25, 0.3) is 5.91 Å². The van der Waals surface area contributed by atoms with Crippen molar-refractivity contribution >= 4 is 11.9 Å². The molecular weight excluding hydrogens is 320 g/mol. The number of aliphatic carboxylic acids is 1. The SMILES string of the molecule is Cc1c(C(=O)N2Cc3ccccc3C[C@H]2C(=O)O)cnn1CCC#N. The summed E-state index contributed by atoms with van der Waals surface area (Å²) in [7, 11) is 0. The molecule has 1 aromatic heterocycles. The first kappa shape index (κ1) is 16.7. The number of amides is 1. The van der Waals surface area contributed by atoms with E-state index in [1.54, 1.807) is 11.6 Å². The van der Waals surface area contributed by atoms with E-state index < -0.39 is 12.0 Å². The normalized spacial score (nSPS) is 16.2. The molecule has 0 bridgehead atoms. The van der Waals surface area contributed by atoms with Gasteiger partial charge in [0.15, 0.2) is 0 Å². The molecule has 25 heavy (non-hydrogen) atoms. The summed E-state index contributed by atoms with van der Waals surface area (Å²) in [6.07, 6.45) is 2.04. The molecule has 1 aliphatic heterocycles. The first-order valence-corrected chi connectivity index (χ1v) is 8.03. The molecule has 0 saturated carbocycles. The molecule has 2 heterocycles. The van der Waals surface area contributed by atoms with E-state index in [9.17, 15) is 14.7 Å². The number of hydrogen-bond donors (Lipinski definition) is 1. The van der Waals surface area contributed by atoms with Gasteiger partial charge in [-0.05, 0) is 18.1 Å². The number of fused-ring (bicyclic) bond motifs is 1. The van der Waals surface area contributed by atoms with E-state index in [0.29, 0.717) is 30.6 Å². The maximum Gasteiger partial charge on any atom is 0.326 e. The quantitative estimate of drug-likeness (QED) is 0.915. The zero-order chi connectivity index (χ0) is 18.0. The minimum atomic E-state index is -1.02. The Morgan fingerprint density at radius 1 is 1.36 bits per heavy atom. The fraction of sp³-hybridized carbons (Fsp3) is 0.333. The maximum atomic E-state index is 13.0. The molecule has 0 saturated heterocycles. The van der Waals surface area contributed by atoms with Crippen LogP contribution in [0.15, 0.2) is 30.5 Å². The number of carbonyl (C=O) groups is 2. The number of nitrogens with zero attached hydrogens (tertiary/aromatic N) is 4. The lowest BCUT2D eigenvalue weighted by molar-refractivity contribution is -0.142. The molecule has 0 radical (unpaired) electrons. The van der Waals surface area contributed by atoms with Crippen LogP contribution in [0.5, 0.6) is 0 Å². The number of carboxylic acid groups (broad SMARTS) is 1. The summed E-state index contributed by atoms with van der Waals surface area (Å²) in [5, 5.41) is 22.4. The van der Waals surface area contributed by atoms with Gasteiger partial charge in [-0.25, -0.2) is 4.79 Å². The average Bonchev–Trinajstić information content (AvgIpc) is 2.98. The molecule has 7 heteroatoms. The topological polar surface area (TPSA) is 99.2 Å². The van der Waals surface area contributed by atoms with E-state index in [2.05, 4.69) is 5.10 Å². The van der Waals surface area contributed by atoms with Crippen molar-refractivity contribution in [2.75, 3.05) is 0 Å². The van der Waals surface area contributed by atoms with Gasteiger partial charge in [-0.1, -0.05) is 24.3 Å². The Kier molecular flexibility index (Phi) is 4.52. The number of rotatable bonds is 4. The van der Waals surface area contributed by atoms with E-state index in [-0.39, 0.29) is 12.5 Å². The summed E-state index contributed by atoms with van der Waals surface area (Å²) < 4.78 is 1.60. The van der Waals surface area contributed by atoms with E-state index in [1.165, 1.54) is 11.1 Å². The predicted molar refractivity (Wildman–Crippen MR) is 88.6 cm³/mol. The van der Waals surface area contributed by atoms with Gasteiger partial charge < -0.3 is 10.0 Å². The molecule has 3 rings (SSSR count). The Hall–Kier alpha value is -3.14. The van der Waals surface area contributed by atoms with Crippen molar-refractivity contribution in [3.05, 3.63) is 52.8 Å². The van der Waals surface area contributed by atoms with Crippen LogP contribution in [0.25, 0.3) is 0 Å². The van der Waals surface area contributed by atoms with E-state index in [4.69, 9.17) is 5.26 Å². The molecule has 1 N–H and O–H groups in total. The highest BCUT2D eigenvalue weighted by Crippen LogP contribution is 2.26. The highest BCUT2D eigenvalue weighted by Gasteiger charge is 2.35. The Labute approximate surface area is 145 Å². The van der Waals surface area contributed by atoms with Gasteiger partial charge in [0.05, 0.1) is 30.8 Å². The summed E-state index contributed by atoms with van der Waals surface area (Å²) in [4.78, 5) is 26.1. The highest BCUT2D eigenvalue weighted by molar-refractivity contribution is 5.97. The van der Waals surface area contributed by atoms with Gasteiger partial charge in [0.1, 0.15) is 6.04 Å². The molecule has 1 aliphatic rings. The zero-order valence-corrected chi connectivity index (χ0v) is 13.8. The third-order valence-electron chi connectivity index (χ3n) is 4.56. The Balaban J connectivity index is 1.91. The lowest BCUT2D eigenvalue weighted by Crippen LogP contribution is -2.48. The predicted octanol–water partition coefficient (Wildman–Crippen LogP) is 1.76. The molecule has 7 nitrogen and oxygen atoms in total. The third kappa shape index (κ3) is 3.11. The zero-order valence-electron chi connectivity index (χ0n) is 13.8. The van der Waals surface area contributed by atoms with Crippen molar-refractivity contribution in [2.24, 2.45) is 0 Å². The molecule has 0 spiro atoms. The maximum absolute atomic E-state index is 13.0. The van der Waals surface area contributed by atoms with Gasteiger partial charge in [-0.3, -0.25) is 9.48 Å². The summed E-state index contributed by atoms with van der Waals surface area (Å²) in [6.45, 7) is 2.42. The molecule has 1 amide bonds. The Morgan fingerprint density at radius 2 is 2.08 bits per heavy atom. The number of nitriles is 1. The fourth-order valence-corrected chi connectivity index (χ4v) is 3.15. The second kappa shape index (κ2) is 6.77. The lowest BCUT2D eigenvalue weighted by atomic mass is 9.93. The Bertz CT molecular complexity index is 865. The van der Waals surface area contributed by atoms with Gasteiger partial charge >= 0.3 is 5.97 Å². The van der Waals surface area contributed by atoms with E-state index in [0.717, 1.165) is 11.1 Å². The standard InChI is InChI=1S/C18H18N4O3/c1-12-15(10-20-22(12)8-4-7-19)17(23)21-11-14-6-3-2-5-13(14)9-16(21)18(24)25/h2-3,5-6,10,16H,4,8-9,11H2,1H3,(H,24,25)/t16-/m0/s1. The molecule has 1 atom stereocenters. The van der Waals surface area contributed by atoms with Crippen molar-refractivity contribution in [3.63, 3.8) is 0 Å². The average molecular weight is 338 g/mol. The van der Waals surface area contributed by atoms with E-state index in [1.807, 2.05) is 30.3 Å². The molecular formula is C18H18N4O3. The molecule has 0 unspecified atom stereocenters. The fourth-order valence-electron chi connectivity index (χ4n) is 3.15.